The van der Waals surface area contributed by atoms with Crippen LogP contribution >= 0.6 is 0 Å². The molecule has 1 aromatic heterocycles. The Labute approximate surface area is 170 Å². The summed E-state index contributed by atoms with van der Waals surface area (Å²) in [5.74, 6) is 0.468. The highest BCUT2D eigenvalue weighted by molar-refractivity contribution is 7.89. The highest BCUT2D eigenvalue weighted by atomic mass is 32.2. The van der Waals surface area contributed by atoms with Crippen LogP contribution < -0.4 is 15.7 Å². The molecular weight excluding hydrogens is 392 g/mol. The Kier molecular flexibility index (Phi) is 5.81. The summed E-state index contributed by atoms with van der Waals surface area (Å²) in [4.78, 5) is 15.0. The fourth-order valence-electron chi connectivity index (χ4n) is 3.07. The number of hydrazone groups is 1. The van der Waals surface area contributed by atoms with Gasteiger partial charge in [-0.3, -0.25) is 10.2 Å². The van der Waals surface area contributed by atoms with Crippen LogP contribution in [0.4, 0.5) is 0 Å². The van der Waals surface area contributed by atoms with Gasteiger partial charge >= 0.3 is 5.91 Å². The molecule has 8 nitrogen and oxygen atoms in total. The van der Waals surface area contributed by atoms with Crippen LogP contribution in [0.2, 0.25) is 0 Å². The molecule has 9 heteroatoms. The maximum Gasteiger partial charge on any atom is 0.301 e. The summed E-state index contributed by atoms with van der Waals surface area (Å²) in [5.41, 5.74) is 7.19. The summed E-state index contributed by atoms with van der Waals surface area (Å²) >= 11 is 0. The van der Waals surface area contributed by atoms with Crippen molar-refractivity contribution in [2.24, 2.45) is 5.10 Å². The van der Waals surface area contributed by atoms with E-state index in [1.165, 1.54) is 12.1 Å². The van der Waals surface area contributed by atoms with E-state index in [9.17, 15) is 13.2 Å². The molecular formula is C20H26N4O4S. The molecule has 0 unspecified atom stereocenters. The lowest BCUT2D eigenvalue weighted by Crippen LogP contribution is -2.48. The number of nitrogens with one attached hydrogen (secondary N) is 3. The van der Waals surface area contributed by atoms with Crippen LogP contribution in [0.3, 0.4) is 0 Å². The molecule has 3 N–H and O–H groups in total. The van der Waals surface area contributed by atoms with Crippen LogP contribution in [-0.2, 0) is 16.4 Å². The number of rotatable bonds is 5. The smallest absolute Gasteiger partial charge is 0.301 e. The molecule has 0 saturated heterocycles. The van der Waals surface area contributed by atoms with Gasteiger partial charge in [-0.05, 0) is 52.7 Å². The molecule has 0 fully saturated rings. The Hall–Kier alpha value is -2.65. The lowest BCUT2D eigenvalue weighted by Gasteiger charge is -2.20. The minimum atomic E-state index is -3.77. The second kappa shape index (κ2) is 8.00. The van der Waals surface area contributed by atoms with Crippen molar-refractivity contribution in [3.05, 3.63) is 53.0 Å². The number of sulfonamides is 1. The maximum atomic E-state index is 12.5. The number of benzene rings is 1. The molecule has 0 spiro atoms. The summed E-state index contributed by atoms with van der Waals surface area (Å²) in [6.45, 7) is 7.56. The number of hydrazine groups is 1. The molecule has 2 aromatic rings. The van der Waals surface area contributed by atoms with E-state index in [2.05, 4.69) is 20.8 Å². The molecule has 156 valence electrons. The van der Waals surface area contributed by atoms with Gasteiger partial charge in [0.05, 0.1) is 10.6 Å². The number of amides is 1. The van der Waals surface area contributed by atoms with Crippen molar-refractivity contribution in [2.75, 3.05) is 0 Å². The van der Waals surface area contributed by atoms with Gasteiger partial charge in [-0.2, -0.15) is 18.4 Å². The summed E-state index contributed by atoms with van der Waals surface area (Å²) < 4.78 is 30.7. The van der Waals surface area contributed by atoms with E-state index in [-0.39, 0.29) is 22.1 Å². The number of carbonyl (C=O) groups is 1. The second-order valence-corrected chi connectivity index (χ2v) is 9.66. The SMILES string of the molecule is Cc1c(C(=O)NNC(C)(C)C)oc2c1/C(=N/NS(=O)(=O)c1ccccc1)CCC2. The number of hydrogen-bond donors (Lipinski definition) is 3. The number of carbonyl (C=O) groups excluding carboxylic acids is 1. The van der Waals surface area contributed by atoms with Crippen LogP contribution in [-0.4, -0.2) is 25.6 Å². The molecule has 1 heterocycles. The second-order valence-electron chi connectivity index (χ2n) is 8.00. The zero-order chi connectivity index (χ0) is 21.2. The number of hydrogen-bond acceptors (Lipinski definition) is 6. The molecule has 1 aromatic carbocycles. The lowest BCUT2D eigenvalue weighted by atomic mass is 9.93. The molecule has 0 aliphatic heterocycles. The minimum absolute atomic E-state index is 0.137. The first-order valence-corrected chi connectivity index (χ1v) is 10.9. The largest absolute Gasteiger partial charge is 0.455 e. The van der Waals surface area contributed by atoms with Gasteiger partial charge in [0.1, 0.15) is 5.76 Å². The Morgan fingerprint density at radius 1 is 1.14 bits per heavy atom. The first kappa shape index (κ1) is 21.1. The monoisotopic (exact) mass is 418 g/mol. The fraction of sp³-hybridized carbons (Fsp3) is 0.400. The zero-order valence-electron chi connectivity index (χ0n) is 17.0. The van der Waals surface area contributed by atoms with Gasteiger partial charge in [0.15, 0.2) is 5.76 Å². The van der Waals surface area contributed by atoms with Gasteiger partial charge in [-0.25, -0.2) is 5.43 Å². The van der Waals surface area contributed by atoms with Gasteiger partial charge in [-0.15, -0.1) is 0 Å². The minimum Gasteiger partial charge on any atom is -0.455 e. The Balaban J connectivity index is 1.86. The van der Waals surface area contributed by atoms with Gasteiger partial charge in [0, 0.05) is 23.1 Å². The van der Waals surface area contributed by atoms with Crippen molar-refractivity contribution in [1.82, 2.24) is 15.7 Å². The third-order valence-corrected chi connectivity index (χ3v) is 5.66. The standard InChI is InChI=1S/C20H26N4O4S/c1-13-17-15(21-24-29(26,27)14-9-6-5-7-10-14)11-8-12-16(17)28-18(13)19(25)22-23-20(2,3)4/h5-7,9-10,23-24H,8,11-12H2,1-4H3,(H,22,25)/b21-15+. The van der Waals surface area contributed by atoms with Gasteiger partial charge < -0.3 is 4.42 Å². The first-order chi connectivity index (χ1) is 13.6. The third kappa shape index (κ3) is 4.86. The number of nitrogens with zero attached hydrogens (tertiary/aromatic N) is 1. The zero-order valence-corrected chi connectivity index (χ0v) is 17.8. The highest BCUT2D eigenvalue weighted by Gasteiger charge is 2.28. The molecule has 0 bridgehead atoms. The van der Waals surface area contributed by atoms with Gasteiger partial charge in [-0.1, -0.05) is 18.2 Å². The summed E-state index contributed by atoms with van der Waals surface area (Å²) in [6, 6.07) is 8.05. The van der Waals surface area contributed by atoms with Crippen molar-refractivity contribution in [2.45, 2.75) is 57.4 Å². The van der Waals surface area contributed by atoms with E-state index >= 15 is 0 Å². The predicted octanol–water partition coefficient (Wildman–Crippen LogP) is 2.64. The van der Waals surface area contributed by atoms with Crippen LogP contribution in [0.25, 0.3) is 0 Å². The van der Waals surface area contributed by atoms with E-state index in [4.69, 9.17) is 4.42 Å². The van der Waals surface area contributed by atoms with Crippen molar-refractivity contribution < 1.29 is 17.6 Å². The van der Waals surface area contributed by atoms with Crippen molar-refractivity contribution in [3.8, 4) is 0 Å². The average molecular weight is 419 g/mol. The van der Waals surface area contributed by atoms with Crippen LogP contribution in [0.5, 0.6) is 0 Å². The van der Waals surface area contributed by atoms with E-state index in [1.54, 1.807) is 25.1 Å². The number of fused-ring (bicyclic) bond motifs is 1. The molecule has 1 amide bonds. The topological polar surface area (TPSA) is 113 Å². The van der Waals surface area contributed by atoms with Crippen molar-refractivity contribution in [3.63, 3.8) is 0 Å². The summed E-state index contributed by atoms with van der Waals surface area (Å²) in [6.07, 6.45) is 2.01. The molecule has 0 saturated carbocycles. The van der Waals surface area contributed by atoms with Crippen LogP contribution in [0.1, 0.15) is 61.1 Å². The quantitative estimate of drug-likeness (QED) is 0.646. The normalized spacial score (nSPS) is 15.8. The summed E-state index contributed by atoms with van der Waals surface area (Å²) in [7, 11) is -3.77. The first-order valence-electron chi connectivity index (χ1n) is 9.42. The van der Waals surface area contributed by atoms with Crippen molar-refractivity contribution in [1.29, 1.82) is 0 Å². The van der Waals surface area contributed by atoms with Crippen LogP contribution in [0.15, 0.2) is 44.7 Å². The van der Waals surface area contributed by atoms with Crippen molar-refractivity contribution >= 4 is 21.6 Å². The Morgan fingerprint density at radius 3 is 2.48 bits per heavy atom. The Bertz CT molecular complexity index is 1030. The van der Waals surface area contributed by atoms with E-state index in [0.29, 0.717) is 35.4 Å². The molecule has 0 radical (unpaired) electrons. The molecule has 29 heavy (non-hydrogen) atoms. The summed E-state index contributed by atoms with van der Waals surface area (Å²) in [5, 5.41) is 4.16. The van der Waals surface area contributed by atoms with E-state index < -0.39 is 10.0 Å². The molecule has 3 rings (SSSR count). The highest BCUT2D eigenvalue weighted by Crippen LogP contribution is 2.30. The van der Waals surface area contributed by atoms with E-state index in [1.807, 2.05) is 20.8 Å². The average Bonchev–Trinajstić information content (AvgIpc) is 3.02. The molecule has 1 aliphatic carbocycles. The van der Waals surface area contributed by atoms with Gasteiger partial charge in [0.25, 0.3) is 10.0 Å². The Morgan fingerprint density at radius 2 is 1.83 bits per heavy atom. The van der Waals surface area contributed by atoms with E-state index in [0.717, 1.165) is 6.42 Å². The number of furan rings is 1. The maximum absolute atomic E-state index is 12.5. The molecule has 1 aliphatic rings. The fourth-order valence-corrected chi connectivity index (χ4v) is 3.92. The van der Waals surface area contributed by atoms with Gasteiger partial charge in [0.2, 0.25) is 0 Å². The molecule has 0 atom stereocenters. The lowest BCUT2D eigenvalue weighted by molar-refractivity contribution is 0.0883. The van der Waals surface area contributed by atoms with Crippen LogP contribution in [0, 0.1) is 6.92 Å². The third-order valence-electron chi connectivity index (χ3n) is 4.44. The predicted molar refractivity (Wildman–Crippen MR) is 110 cm³/mol. The number of aryl methyl sites for hydroxylation is 1.